The lowest BCUT2D eigenvalue weighted by molar-refractivity contribution is 0.357. The summed E-state index contributed by atoms with van der Waals surface area (Å²) in [5.41, 5.74) is 3.29. The molecule has 1 saturated heterocycles. The fraction of sp³-hybridized carbons (Fsp3) is 0.174. The van der Waals surface area contributed by atoms with Crippen LogP contribution >= 0.6 is 52.5 Å². The molecule has 2 N–H and O–H groups in total. The van der Waals surface area contributed by atoms with Crippen molar-refractivity contribution in [2.24, 2.45) is 0 Å². The minimum atomic E-state index is -0.990. The number of hydrogen-bond acceptors (Lipinski definition) is 4. The van der Waals surface area contributed by atoms with Gasteiger partial charge in [-0.3, -0.25) is 0 Å². The van der Waals surface area contributed by atoms with Crippen molar-refractivity contribution in [3.8, 4) is 0 Å². The van der Waals surface area contributed by atoms with Gasteiger partial charge in [-0.1, -0.05) is 50.1 Å². The molecule has 0 aliphatic carbocycles. The van der Waals surface area contributed by atoms with Crippen LogP contribution in [-0.4, -0.2) is 31.4 Å². The Morgan fingerprint density at radius 2 is 1.38 bits per heavy atom. The van der Waals surface area contributed by atoms with Gasteiger partial charge in [0.25, 0.3) is 0 Å². The van der Waals surface area contributed by atoms with Crippen LogP contribution in [-0.2, 0) is 4.52 Å². The molecule has 0 unspecified atom stereocenters. The number of anilines is 3. The van der Waals surface area contributed by atoms with E-state index in [2.05, 4.69) is 100 Å². The molecule has 0 spiro atoms. The van der Waals surface area contributed by atoms with Gasteiger partial charge in [-0.2, -0.15) is 0 Å². The molecule has 0 radical (unpaired) electrons. The van der Waals surface area contributed by atoms with Gasteiger partial charge in [-0.25, -0.2) is 0 Å². The third-order valence-corrected chi connectivity index (χ3v) is 8.22. The maximum atomic E-state index is 6.44. The maximum absolute atomic E-state index is 6.44. The van der Waals surface area contributed by atoms with E-state index in [4.69, 9.17) is 16.7 Å². The second-order valence-electron chi connectivity index (χ2n) is 7.03. The van der Waals surface area contributed by atoms with Gasteiger partial charge in [-0.05, 0) is 72.9 Å². The lowest BCUT2D eigenvalue weighted by Gasteiger charge is -2.31. The summed E-state index contributed by atoms with van der Waals surface area (Å²) >= 11 is 12.5. The molecule has 0 saturated carbocycles. The minimum Gasteiger partial charge on any atom is -0.360 e. The molecular weight excluding hydrogens is 571 g/mol. The molecule has 1 aliphatic rings. The van der Waals surface area contributed by atoms with Crippen LogP contribution < -0.4 is 20.0 Å². The zero-order valence-electron chi connectivity index (χ0n) is 17.2. The number of hydrogen-bond donors (Lipinski definition) is 2. The van der Waals surface area contributed by atoms with Crippen LogP contribution in [0.15, 0.2) is 87.8 Å². The summed E-state index contributed by atoms with van der Waals surface area (Å²) in [7, 11) is -0.990. The second kappa shape index (κ2) is 11.4. The lowest BCUT2D eigenvalue weighted by atomic mass is 10.3. The summed E-state index contributed by atoms with van der Waals surface area (Å²) < 4.78 is 13.3. The summed E-state index contributed by atoms with van der Waals surface area (Å²) in [6, 6.07) is 26.7. The Bertz CT molecular complexity index is 971. The van der Waals surface area contributed by atoms with Gasteiger partial charge >= 0.3 is 0 Å². The van der Waals surface area contributed by atoms with Crippen LogP contribution in [0.3, 0.4) is 0 Å². The van der Waals surface area contributed by atoms with Crippen molar-refractivity contribution >= 4 is 74.7 Å². The Balaban J connectivity index is 1.39. The Hall–Kier alpha value is -1.70. The maximum Gasteiger partial charge on any atom is 0.248 e. The van der Waals surface area contributed by atoms with Gasteiger partial charge in [0.15, 0.2) is 5.11 Å². The van der Waals surface area contributed by atoms with Crippen LogP contribution in [0.4, 0.5) is 17.1 Å². The third-order valence-electron chi connectivity index (χ3n) is 4.81. The number of nitrogens with zero attached hydrogens (tertiary/aromatic N) is 2. The Morgan fingerprint density at radius 1 is 0.844 bits per heavy atom. The lowest BCUT2D eigenvalue weighted by Crippen LogP contribution is -2.31. The first kappa shape index (κ1) is 23.5. The van der Waals surface area contributed by atoms with Crippen LogP contribution in [0.1, 0.15) is 0 Å². The van der Waals surface area contributed by atoms with Gasteiger partial charge < -0.3 is 24.5 Å². The van der Waals surface area contributed by atoms with Crippen LogP contribution in [0, 0.1) is 0 Å². The molecule has 4 rings (SSSR count). The Kier molecular flexibility index (Phi) is 8.38. The molecule has 3 aromatic carbocycles. The molecule has 0 amide bonds. The minimum absolute atomic E-state index is 0.544. The highest BCUT2D eigenvalue weighted by molar-refractivity contribution is 9.10. The molecule has 9 heteroatoms. The highest BCUT2D eigenvalue weighted by Gasteiger charge is 2.34. The zero-order chi connectivity index (χ0) is 22.3. The molecule has 5 nitrogen and oxygen atoms in total. The number of nitrogens with one attached hydrogen (secondary N) is 2. The Morgan fingerprint density at radius 3 is 1.91 bits per heavy atom. The molecule has 166 valence electrons. The fourth-order valence-corrected chi connectivity index (χ4v) is 6.03. The molecule has 3 aromatic rings. The average Bonchev–Trinajstić information content (AvgIpc) is 3.22. The van der Waals surface area contributed by atoms with Crippen molar-refractivity contribution < 1.29 is 4.52 Å². The highest BCUT2D eigenvalue weighted by Crippen LogP contribution is 2.53. The van der Waals surface area contributed by atoms with Gasteiger partial charge in [0, 0.05) is 45.6 Å². The smallest absolute Gasteiger partial charge is 0.248 e. The SMILES string of the molecule is S=C(NCCOP1N(c2ccc(Br)cc2)CCN1c1ccc(Br)cc1)Nc1ccccc1. The van der Waals surface area contributed by atoms with E-state index in [1.165, 1.54) is 0 Å². The summed E-state index contributed by atoms with van der Waals surface area (Å²) in [5.74, 6) is 0. The predicted molar refractivity (Wildman–Crippen MR) is 147 cm³/mol. The van der Waals surface area contributed by atoms with Crippen molar-refractivity contribution in [2.75, 3.05) is 40.9 Å². The van der Waals surface area contributed by atoms with E-state index in [1.54, 1.807) is 0 Å². The highest BCUT2D eigenvalue weighted by atomic mass is 79.9. The Labute approximate surface area is 212 Å². The van der Waals surface area contributed by atoms with Crippen molar-refractivity contribution in [3.05, 3.63) is 87.8 Å². The molecule has 0 atom stereocenters. The van der Waals surface area contributed by atoms with E-state index < -0.39 is 8.45 Å². The van der Waals surface area contributed by atoms with E-state index in [-0.39, 0.29) is 0 Å². The van der Waals surface area contributed by atoms with E-state index >= 15 is 0 Å². The molecule has 1 heterocycles. The molecule has 0 aromatic heterocycles. The molecule has 1 fully saturated rings. The third kappa shape index (κ3) is 6.21. The van der Waals surface area contributed by atoms with Crippen molar-refractivity contribution in [2.45, 2.75) is 0 Å². The van der Waals surface area contributed by atoms with Gasteiger partial charge in [0.05, 0.1) is 6.61 Å². The van der Waals surface area contributed by atoms with Gasteiger partial charge in [0.1, 0.15) is 0 Å². The second-order valence-corrected chi connectivity index (χ2v) is 11.0. The quantitative estimate of drug-likeness (QED) is 0.179. The largest absolute Gasteiger partial charge is 0.360 e. The number of thiocarbonyl (C=S) groups is 1. The average molecular weight is 594 g/mol. The van der Waals surface area contributed by atoms with E-state index in [9.17, 15) is 0 Å². The molecule has 0 bridgehead atoms. The standard InChI is InChI=1S/C23H23Br2N4OPS/c24-18-6-10-21(11-7-18)28-15-16-29(22-12-8-19(25)9-13-22)31(28)30-17-14-26-23(32)27-20-4-2-1-3-5-20/h1-13H,14-17H2,(H2,26,27,32). The summed E-state index contributed by atoms with van der Waals surface area (Å²) in [4.78, 5) is 0. The van der Waals surface area contributed by atoms with Crippen molar-refractivity contribution in [1.82, 2.24) is 5.32 Å². The molecule has 1 aliphatic heterocycles. The molecule has 32 heavy (non-hydrogen) atoms. The number of halogens is 2. The van der Waals surface area contributed by atoms with Crippen molar-refractivity contribution in [1.29, 1.82) is 0 Å². The van der Waals surface area contributed by atoms with Gasteiger partial charge in [-0.15, -0.1) is 0 Å². The number of benzene rings is 3. The van der Waals surface area contributed by atoms with E-state index in [0.717, 1.165) is 39.1 Å². The topological polar surface area (TPSA) is 39.8 Å². The summed E-state index contributed by atoms with van der Waals surface area (Å²) in [5, 5.41) is 7.02. The number of para-hydroxylation sites is 1. The predicted octanol–water partition coefficient (Wildman–Crippen LogP) is 6.77. The van der Waals surface area contributed by atoms with Crippen LogP contribution in [0.25, 0.3) is 0 Å². The molecular formula is C23H23Br2N4OPS. The van der Waals surface area contributed by atoms with Crippen LogP contribution in [0.5, 0.6) is 0 Å². The van der Waals surface area contributed by atoms with E-state index in [0.29, 0.717) is 18.3 Å². The first-order chi connectivity index (χ1) is 15.6. The first-order valence-corrected chi connectivity index (χ1v) is 13.3. The monoisotopic (exact) mass is 592 g/mol. The van der Waals surface area contributed by atoms with Gasteiger partial charge in [0.2, 0.25) is 8.45 Å². The number of rotatable bonds is 7. The first-order valence-electron chi connectivity index (χ1n) is 10.2. The summed E-state index contributed by atoms with van der Waals surface area (Å²) in [6.07, 6.45) is 0. The van der Waals surface area contributed by atoms with E-state index in [1.807, 2.05) is 30.3 Å². The zero-order valence-corrected chi connectivity index (χ0v) is 22.1. The van der Waals surface area contributed by atoms with Crippen molar-refractivity contribution in [3.63, 3.8) is 0 Å². The summed E-state index contributed by atoms with van der Waals surface area (Å²) in [6.45, 7) is 2.98. The van der Waals surface area contributed by atoms with Crippen LogP contribution in [0.2, 0.25) is 0 Å². The normalized spacial score (nSPS) is 13.9. The fourth-order valence-electron chi connectivity index (χ4n) is 3.30.